The number of alkyl halides is 1. The molecule has 0 aliphatic carbocycles. The van der Waals surface area contributed by atoms with Crippen molar-refractivity contribution in [3.05, 3.63) is 18.2 Å². The number of aliphatic carboxylic acids is 1. The normalized spacial score (nSPS) is 15.4. The second kappa shape index (κ2) is 5.25. The second-order valence-corrected chi connectivity index (χ2v) is 8.11. The van der Waals surface area contributed by atoms with E-state index in [4.69, 9.17) is 5.11 Å². The molecule has 0 spiro atoms. The van der Waals surface area contributed by atoms with Gasteiger partial charge in [-0.2, -0.15) is 1.33 Å². The molecule has 5 nitrogen and oxygen atoms in total. The molecule has 78 valence electrons. The Labute approximate surface area is 122 Å². The van der Waals surface area contributed by atoms with Gasteiger partial charge in [0, 0.05) is 64.0 Å². The first-order valence-electron chi connectivity index (χ1n) is 3.48. The molecule has 0 saturated carbocycles. The molecule has 0 saturated heterocycles. The molecular formula is C6H6I3N3O2. The lowest BCUT2D eigenvalue weighted by molar-refractivity contribution is -0.140. The number of imidazole rings is 1. The molecule has 0 aliphatic rings. The molecule has 1 heterocycles. The molecule has 1 aromatic heterocycles. The van der Waals surface area contributed by atoms with E-state index in [2.05, 4.69) is 9.97 Å². The Morgan fingerprint density at radius 2 is 2.36 bits per heavy atom. The van der Waals surface area contributed by atoms with Gasteiger partial charge in [0.2, 0.25) is 0 Å². The number of carboxylic acid groups (broad SMARTS) is 1. The van der Waals surface area contributed by atoms with Crippen LogP contribution in [0.15, 0.2) is 12.5 Å². The molecule has 0 aromatic carbocycles. The lowest BCUT2D eigenvalue weighted by atomic mass is 10.2. The van der Waals surface area contributed by atoms with E-state index >= 15 is 0 Å². The summed E-state index contributed by atoms with van der Waals surface area (Å²) in [6, 6.07) is 0. The predicted molar refractivity (Wildman–Crippen MR) is 76.6 cm³/mol. The Morgan fingerprint density at radius 3 is 2.71 bits per heavy atom. The molecule has 0 bridgehead atoms. The van der Waals surface area contributed by atoms with E-state index in [0.717, 1.165) is 5.69 Å². The van der Waals surface area contributed by atoms with Gasteiger partial charge in [-0.1, -0.05) is 0 Å². The number of aromatic nitrogens is 2. The number of hydrogen-bond donors (Lipinski definition) is 2. The lowest BCUT2D eigenvalue weighted by Gasteiger charge is -2.25. The monoisotopic (exact) mass is 533 g/mol. The van der Waals surface area contributed by atoms with E-state index in [-0.39, 0.29) is 0 Å². The maximum atomic E-state index is 11.1. The van der Waals surface area contributed by atoms with Gasteiger partial charge < -0.3 is 10.1 Å². The molecule has 0 aliphatic heterocycles. The molecule has 0 radical (unpaired) electrons. The third kappa shape index (κ3) is 2.91. The number of carboxylic acids is 1. The second-order valence-electron chi connectivity index (χ2n) is 2.55. The SMILES string of the molecule is O=C(O)C(I)(Cc1cnc[nH]1)N(I)I. The van der Waals surface area contributed by atoms with Gasteiger partial charge in [0.15, 0.2) is 3.55 Å². The van der Waals surface area contributed by atoms with Crippen molar-refractivity contribution in [3.8, 4) is 0 Å². The number of carbonyl (C=O) groups is 1. The van der Waals surface area contributed by atoms with Crippen molar-refractivity contribution < 1.29 is 9.90 Å². The molecule has 2 N–H and O–H groups in total. The summed E-state index contributed by atoms with van der Waals surface area (Å²) in [7, 11) is 0. The van der Waals surface area contributed by atoms with Crippen LogP contribution in [0.3, 0.4) is 0 Å². The average molecular weight is 533 g/mol. The van der Waals surface area contributed by atoms with E-state index in [0.29, 0.717) is 6.42 Å². The Hall–Kier alpha value is 0.830. The van der Waals surface area contributed by atoms with Crippen molar-refractivity contribution in [3.63, 3.8) is 0 Å². The van der Waals surface area contributed by atoms with Crippen LogP contribution in [0.5, 0.6) is 0 Å². The van der Waals surface area contributed by atoms with E-state index in [1.807, 2.05) is 68.3 Å². The van der Waals surface area contributed by atoms with Crippen LogP contribution in [-0.4, -0.2) is 25.9 Å². The third-order valence-electron chi connectivity index (χ3n) is 1.58. The van der Waals surface area contributed by atoms with Crippen LogP contribution in [0.4, 0.5) is 0 Å². The number of aromatic amines is 1. The first-order valence-corrected chi connectivity index (χ1v) is 6.49. The van der Waals surface area contributed by atoms with Crippen LogP contribution in [0.2, 0.25) is 0 Å². The molecule has 0 amide bonds. The highest BCUT2D eigenvalue weighted by molar-refractivity contribution is 14.2. The van der Waals surface area contributed by atoms with E-state index in [1.54, 1.807) is 13.9 Å². The minimum atomic E-state index is -0.953. The number of nitrogens with one attached hydrogen (secondary N) is 1. The van der Waals surface area contributed by atoms with E-state index < -0.39 is 9.51 Å². The Bertz CT molecular complexity index is 316. The predicted octanol–water partition coefficient (Wildman–Crippen LogP) is 2.17. The minimum Gasteiger partial charge on any atom is -0.479 e. The lowest BCUT2D eigenvalue weighted by Crippen LogP contribution is -2.41. The summed E-state index contributed by atoms with van der Waals surface area (Å²) in [6.45, 7) is 0. The summed E-state index contributed by atoms with van der Waals surface area (Å²) < 4.78 is 0.664. The van der Waals surface area contributed by atoms with Gasteiger partial charge >= 0.3 is 5.97 Å². The fourth-order valence-corrected chi connectivity index (χ4v) is 2.01. The average Bonchev–Trinajstić information content (AvgIpc) is 2.55. The fourth-order valence-electron chi connectivity index (χ4n) is 0.841. The van der Waals surface area contributed by atoms with Crippen LogP contribution in [-0.2, 0) is 11.2 Å². The summed E-state index contributed by atoms with van der Waals surface area (Å²) in [5, 5.41) is 9.11. The van der Waals surface area contributed by atoms with Gasteiger partial charge in [0.05, 0.1) is 6.33 Å². The molecule has 1 atom stereocenters. The highest BCUT2D eigenvalue weighted by atomic mass is 127. The zero-order valence-electron chi connectivity index (χ0n) is 6.75. The van der Waals surface area contributed by atoms with Crippen molar-refractivity contribution in [2.75, 3.05) is 0 Å². The zero-order chi connectivity index (χ0) is 10.8. The Kier molecular flexibility index (Phi) is 4.83. The number of H-pyrrole nitrogens is 1. The number of halogens is 3. The van der Waals surface area contributed by atoms with Gasteiger partial charge in [0.25, 0.3) is 0 Å². The van der Waals surface area contributed by atoms with E-state index in [9.17, 15) is 4.79 Å². The highest BCUT2D eigenvalue weighted by Crippen LogP contribution is 2.34. The summed E-state index contributed by atoms with van der Waals surface area (Å²) in [5.41, 5.74) is 0.806. The summed E-state index contributed by atoms with van der Waals surface area (Å²) in [4.78, 5) is 17.8. The molecular weight excluding hydrogens is 527 g/mol. The zero-order valence-corrected chi connectivity index (χ0v) is 13.2. The van der Waals surface area contributed by atoms with Crippen molar-refractivity contribution in [2.24, 2.45) is 0 Å². The third-order valence-corrected chi connectivity index (χ3v) is 6.39. The van der Waals surface area contributed by atoms with Crippen LogP contribution < -0.4 is 0 Å². The maximum Gasteiger partial charge on any atom is 0.336 e. The van der Waals surface area contributed by atoms with Crippen molar-refractivity contribution in [1.82, 2.24) is 11.3 Å². The number of rotatable bonds is 4. The summed E-state index contributed by atoms with van der Waals surface area (Å²) in [5.74, 6) is -0.864. The molecule has 1 rings (SSSR count). The van der Waals surface area contributed by atoms with Crippen molar-refractivity contribution in [2.45, 2.75) is 9.97 Å². The largest absolute Gasteiger partial charge is 0.479 e. The quantitative estimate of drug-likeness (QED) is 0.270. The van der Waals surface area contributed by atoms with Crippen molar-refractivity contribution >= 4 is 74.3 Å². The standard InChI is InChI=1S/C6H6I3N3O2/c7-6(5(13)14,12(8)9)1-4-2-10-3-11-4/h2-3H,1H2,(H,10,11)(H,13,14). The minimum absolute atomic E-state index is 0.384. The van der Waals surface area contributed by atoms with Gasteiger partial charge in [-0.25, -0.2) is 9.78 Å². The number of nitrogens with zero attached hydrogens (tertiary/aromatic N) is 2. The maximum absolute atomic E-state index is 11.1. The Balaban J connectivity index is 2.85. The van der Waals surface area contributed by atoms with Gasteiger partial charge in [-0.05, 0) is 22.6 Å². The molecule has 1 unspecified atom stereocenters. The smallest absolute Gasteiger partial charge is 0.336 e. The summed E-state index contributed by atoms with van der Waals surface area (Å²) in [6.07, 6.45) is 3.56. The van der Waals surface area contributed by atoms with Crippen LogP contribution >= 0.6 is 68.3 Å². The van der Waals surface area contributed by atoms with Crippen LogP contribution in [0.25, 0.3) is 0 Å². The van der Waals surface area contributed by atoms with Crippen molar-refractivity contribution in [1.29, 1.82) is 0 Å². The Morgan fingerprint density at radius 1 is 1.71 bits per heavy atom. The fraction of sp³-hybridized carbons (Fsp3) is 0.333. The van der Waals surface area contributed by atoms with Gasteiger partial charge in [0.1, 0.15) is 0 Å². The van der Waals surface area contributed by atoms with Crippen LogP contribution in [0.1, 0.15) is 5.69 Å². The first-order chi connectivity index (χ1) is 6.47. The molecule has 8 heteroatoms. The van der Waals surface area contributed by atoms with E-state index in [1.165, 1.54) is 0 Å². The molecule has 1 aromatic rings. The van der Waals surface area contributed by atoms with Gasteiger partial charge in [-0.3, -0.25) is 0 Å². The molecule has 14 heavy (non-hydrogen) atoms. The van der Waals surface area contributed by atoms with Crippen LogP contribution in [0, 0.1) is 0 Å². The first kappa shape index (κ1) is 12.9. The van der Waals surface area contributed by atoms with Gasteiger partial charge in [-0.15, -0.1) is 0 Å². The highest BCUT2D eigenvalue weighted by Gasteiger charge is 2.40. The molecule has 0 fully saturated rings. The summed E-state index contributed by atoms with van der Waals surface area (Å²) >= 11 is 5.84. The number of hydrogen-bond acceptors (Lipinski definition) is 3. The topological polar surface area (TPSA) is 69.2 Å².